The number of methoxy groups -OCH3 is 4. The van der Waals surface area contributed by atoms with E-state index in [2.05, 4.69) is 22.3 Å². The Labute approximate surface area is 228 Å². The molecule has 4 rings (SSSR count). The number of carbonyl (C=O) groups is 1. The van der Waals surface area contributed by atoms with Crippen molar-refractivity contribution in [2.75, 3.05) is 60.0 Å². The van der Waals surface area contributed by atoms with Crippen molar-refractivity contribution in [3.8, 4) is 23.0 Å². The molecule has 0 N–H and O–H groups in total. The van der Waals surface area contributed by atoms with Gasteiger partial charge in [0, 0.05) is 30.4 Å². The Morgan fingerprint density at radius 2 is 1.41 bits per heavy atom. The van der Waals surface area contributed by atoms with Crippen molar-refractivity contribution >= 4 is 22.6 Å². The van der Waals surface area contributed by atoms with E-state index >= 15 is 0 Å². The third-order valence-corrected chi connectivity index (χ3v) is 6.58. The van der Waals surface area contributed by atoms with Crippen LogP contribution in [0.15, 0.2) is 59.2 Å². The van der Waals surface area contributed by atoms with Crippen molar-refractivity contribution in [1.29, 1.82) is 0 Å². The summed E-state index contributed by atoms with van der Waals surface area (Å²) in [5, 5.41) is 7.71. The Bertz CT molecular complexity index is 1410. The molecule has 0 saturated heterocycles. The lowest BCUT2D eigenvalue weighted by Crippen LogP contribution is -2.34. The summed E-state index contributed by atoms with van der Waals surface area (Å²) >= 11 is 0. The second-order valence-corrected chi connectivity index (χ2v) is 9.06. The zero-order valence-electron chi connectivity index (χ0n) is 23.0. The van der Waals surface area contributed by atoms with Crippen molar-refractivity contribution in [3.63, 3.8) is 0 Å². The van der Waals surface area contributed by atoms with E-state index in [1.807, 2.05) is 30.3 Å². The molecule has 206 valence electrons. The molecule has 0 unspecified atom stereocenters. The van der Waals surface area contributed by atoms with Crippen molar-refractivity contribution in [2.45, 2.75) is 12.8 Å². The predicted molar refractivity (Wildman–Crippen MR) is 148 cm³/mol. The number of fused-ring (bicyclic) bond motifs is 1. The summed E-state index contributed by atoms with van der Waals surface area (Å²) < 4.78 is 26.4. The van der Waals surface area contributed by atoms with Crippen LogP contribution in [0.2, 0.25) is 0 Å². The molecule has 39 heavy (non-hydrogen) atoms. The molecule has 0 aliphatic rings. The lowest BCUT2D eigenvalue weighted by Gasteiger charge is -2.25. The number of hydrogen-bond donors (Lipinski definition) is 0. The molecular weight excluding hydrogens is 500 g/mol. The van der Waals surface area contributed by atoms with Crippen LogP contribution >= 0.6 is 0 Å². The van der Waals surface area contributed by atoms with Crippen LogP contribution in [-0.4, -0.2) is 76.2 Å². The largest absolute Gasteiger partial charge is 0.493 e. The van der Waals surface area contributed by atoms with E-state index < -0.39 is 0 Å². The molecule has 10 heteroatoms. The lowest BCUT2D eigenvalue weighted by atomic mass is 10.1. The number of ether oxygens (including phenoxy) is 4. The number of aromatic nitrogens is 2. The molecule has 1 heterocycles. The van der Waals surface area contributed by atoms with Crippen LogP contribution in [-0.2, 0) is 6.42 Å². The minimum absolute atomic E-state index is 0.153. The molecule has 4 aromatic rings. The SMILES string of the molecule is COc1ccc(CCN(C)CCCN(C(=O)c2ccc3nonc3c2)c2ccc(OC)c(OC)c2)cc1OC. The molecule has 3 aromatic carbocycles. The number of amides is 1. The zero-order chi connectivity index (χ0) is 27.8. The summed E-state index contributed by atoms with van der Waals surface area (Å²) in [7, 11) is 8.51. The van der Waals surface area contributed by atoms with Crippen molar-refractivity contribution in [2.24, 2.45) is 0 Å². The molecule has 0 aliphatic heterocycles. The fraction of sp³-hybridized carbons (Fsp3) is 0.345. The monoisotopic (exact) mass is 534 g/mol. The first kappa shape index (κ1) is 27.7. The van der Waals surface area contributed by atoms with Crippen molar-refractivity contribution in [3.05, 3.63) is 65.7 Å². The fourth-order valence-electron chi connectivity index (χ4n) is 4.38. The average Bonchev–Trinajstić information content (AvgIpc) is 3.45. The van der Waals surface area contributed by atoms with Crippen LogP contribution in [0.3, 0.4) is 0 Å². The zero-order valence-corrected chi connectivity index (χ0v) is 23.0. The van der Waals surface area contributed by atoms with Crippen LogP contribution in [0.25, 0.3) is 11.0 Å². The maximum absolute atomic E-state index is 13.7. The Morgan fingerprint density at radius 1 is 0.744 bits per heavy atom. The van der Waals surface area contributed by atoms with E-state index in [1.165, 1.54) is 5.56 Å². The van der Waals surface area contributed by atoms with Gasteiger partial charge < -0.3 is 28.7 Å². The predicted octanol–water partition coefficient (Wildman–Crippen LogP) is 4.47. The first-order valence-corrected chi connectivity index (χ1v) is 12.6. The van der Waals surface area contributed by atoms with E-state index in [1.54, 1.807) is 57.6 Å². The molecule has 1 aromatic heterocycles. The first-order chi connectivity index (χ1) is 19.0. The second-order valence-electron chi connectivity index (χ2n) is 9.06. The number of hydrogen-bond acceptors (Lipinski definition) is 9. The molecule has 0 bridgehead atoms. The minimum atomic E-state index is -0.153. The van der Waals surface area contributed by atoms with E-state index in [0.717, 1.165) is 31.7 Å². The number of rotatable bonds is 13. The van der Waals surface area contributed by atoms with Gasteiger partial charge in [0.1, 0.15) is 11.0 Å². The van der Waals surface area contributed by atoms with Crippen LogP contribution in [0.5, 0.6) is 23.0 Å². The van der Waals surface area contributed by atoms with Gasteiger partial charge in [0.25, 0.3) is 5.91 Å². The number of nitrogens with zero attached hydrogens (tertiary/aromatic N) is 4. The third-order valence-electron chi connectivity index (χ3n) is 6.58. The molecular formula is C29H34N4O6. The average molecular weight is 535 g/mol. The molecule has 0 atom stereocenters. The van der Waals surface area contributed by atoms with E-state index in [0.29, 0.717) is 46.1 Å². The number of benzene rings is 3. The van der Waals surface area contributed by atoms with Crippen LogP contribution in [0.4, 0.5) is 5.69 Å². The minimum Gasteiger partial charge on any atom is -0.493 e. The third kappa shape index (κ3) is 6.58. The summed E-state index contributed by atoms with van der Waals surface area (Å²) in [5.74, 6) is 2.43. The van der Waals surface area contributed by atoms with Crippen LogP contribution in [0.1, 0.15) is 22.3 Å². The number of carbonyl (C=O) groups excluding carboxylic acids is 1. The summed E-state index contributed by atoms with van der Waals surface area (Å²) in [6, 6.07) is 16.6. The molecule has 0 fully saturated rings. The van der Waals surface area contributed by atoms with Gasteiger partial charge in [0.05, 0.1) is 28.4 Å². The summed E-state index contributed by atoms with van der Waals surface area (Å²) in [6.07, 6.45) is 1.62. The van der Waals surface area contributed by atoms with Gasteiger partial charge >= 0.3 is 0 Å². The van der Waals surface area contributed by atoms with Gasteiger partial charge in [-0.15, -0.1) is 0 Å². The van der Waals surface area contributed by atoms with E-state index in [4.69, 9.17) is 23.6 Å². The van der Waals surface area contributed by atoms with Gasteiger partial charge in [-0.3, -0.25) is 4.79 Å². The van der Waals surface area contributed by atoms with Gasteiger partial charge in [-0.1, -0.05) is 6.07 Å². The maximum Gasteiger partial charge on any atom is 0.258 e. The summed E-state index contributed by atoms with van der Waals surface area (Å²) in [5.41, 5.74) is 3.50. The standard InChI is InChI=1S/C29H34N4O6/c1-32(16-13-20-7-11-25(35-2)27(17-20)37-4)14-6-15-33(22-9-12-26(36-3)28(19-22)38-5)29(34)21-8-10-23-24(18-21)31-39-30-23/h7-12,17-19H,6,13-16H2,1-5H3. The van der Waals surface area contributed by atoms with Gasteiger partial charge in [-0.25, -0.2) is 4.63 Å². The van der Waals surface area contributed by atoms with Crippen molar-refractivity contribution < 1.29 is 28.4 Å². The molecule has 10 nitrogen and oxygen atoms in total. The lowest BCUT2D eigenvalue weighted by molar-refractivity contribution is 0.0986. The molecule has 0 radical (unpaired) electrons. The van der Waals surface area contributed by atoms with E-state index in [-0.39, 0.29) is 5.91 Å². The molecule has 1 amide bonds. The summed E-state index contributed by atoms with van der Waals surface area (Å²) in [4.78, 5) is 17.7. The topological polar surface area (TPSA) is 99.4 Å². The fourth-order valence-corrected chi connectivity index (χ4v) is 4.38. The molecule has 0 spiro atoms. The number of anilines is 1. The van der Waals surface area contributed by atoms with Gasteiger partial charge in [0.15, 0.2) is 23.0 Å². The van der Waals surface area contributed by atoms with Gasteiger partial charge in [0.2, 0.25) is 0 Å². The van der Waals surface area contributed by atoms with Crippen LogP contribution < -0.4 is 23.8 Å². The smallest absolute Gasteiger partial charge is 0.258 e. The highest BCUT2D eigenvalue weighted by molar-refractivity contribution is 6.07. The Kier molecular flexibility index (Phi) is 9.22. The van der Waals surface area contributed by atoms with Crippen molar-refractivity contribution in [1.82, 2.24) is 15.2 Å². The highest BCUT2D eigenvalue weighted by Crippen LogP contribution is 2.32. The Morgan fingerprint density at radius 3 is 2.13 bits per heavy atom. The molecule has 0 aliphatic carbocycles. The Hall–Kier alpha value is -4.31. The Balaban J connectivity index is 1.45. The first-order valence-electron chi connectivity index (χ1n) is 12.6. The van der Waals surface area contributed by atoms with Crippen LogP contribution in [0, 0.1) is 0 Å². The highest BCUT2D eigenvalue weighted by Gasteiger charge is 2.21. The maximum atomic E-state index is 13.7. The normalized spacial score (nSPS) is 11.0. The highest BCUT2D eigenvalue weighted by atomic mass is 16.6. The second kappa shape index (κ2) is 13.0. The molecule has 0 saturated carbocycles. The number of likely N-dealkylation sites (N-methyl/N-ethyl adjacent to an activating group) is 1. The van der Waals surface area contributed by atoms with E-state index in [9.17, 15) is 4.79 Å². The summed E-state index contributed by atoms with van der Waals surface area (Å²) in [6.45, 7) is 2.16. The quantitative estimate of drug-likeness (QED) is 0.246. The van der Waals surface area contributed by atoms with Gasteiger partial charge in [-0.05, 0) is 84.8 Å². The van der Waals surface area contributed by atoms with Gasteiger partial charge in [-0.2, -0.15) is 0 Å².